The molecule has 4 atom stereocenters. The Morgan fingerprint density at radius 1 is 0.746 bits per heavy atom. The Labute approximate surface area is 425 Å². The number of carboxylic acid groups (broad SMARTS) is 1. The Kier molecular flexibility index (Phi) is 18.3. The van der Waals surface area contributed by atoms with E-state index in [1.165, 1.54) is 60.1 Å². The number of carbonyl (C=O) groups excluding carboxylic acids is 9. The fourth-order valence-corrected chi connectivity index (χ4v) is 9.77. The highest BCUT2D eigenvalue weighted by Crippen LogP contribution is 2.51. The Bertz CT molecular complexity index is 2620. The van der Waals surface area contributed by atoms with Crippen LogP contribution in [0.4, 0.5) is 19.2 Å². The molecule has 0 radical (unpaired) electrons. The van der Waals surface area contributed by atoms with Gasteiger partial charge in [0.15, 0.2) is 23.0 Å². The summed E-state index contributed by atoms with van der Waals surface area (Å²) in [5.74, 6) is -7.49. The summed E-state index contributed by atoms with van der Waals surface area (Å²) in [6.45, 7) is 1.95. The first kappa shape index (κ1) is 54.8. The third-order valence-corrected chi connectivity index (χ3v) is 13.0. The summed E-state index contributed by atoms with van der Waals surface area (Å²) in [7, 11) is 5.35. The number of hydrogen-bond donors (Lipinski definition) is 3. The summed E-state index contributed by atoms with van der Waals surface area (Å²) in [6.07, 6.45) is -5.21. The molecule has 0 saturated carbocycles. The number of amides is 5. The average Bonchev–Trinajstić information content (AvgIpc) is 3.60. The normalized spacial score (nSPS) is 16.6. The maximum atomic E-state index is 14.7. The smallest absolute Gasteiger partial charge is 0.480 e. The molecule has 0 aromatic heterocycles. The molecular weight excluding hydrogens is 1090 g/mol. The second kappa shape index (κ2) is 23.7. The van der Waals surface area contributed by atoms with Crippen molar-refractivity contribution in [2.75, 3.05) is 55.1 Å². The van der Waals surface area contributed by atoms with Gasteiger partial charge in [-0.15, -0.1) is 11.8 Å². The Hall–Kier alpha value is -7.13. The van der Waals surface area contributed by atoms with E-state index in [0.717, 1.165) is 38.2 Å². The molecule has 71 heavy (non-hydrogen) atoms. The van der Waals surface area contributed by atoms with Gasteiger partial charge in [-0.25, -0.2) is 24.0 Å². The summed E-state index contributed by atoms with van der Waals surface area (Å²) in [5, 5.41) is 14.4. The maximum absolute atomic E-state index is 14.7. The SMILES string of the molecule is COC(=O)Oc1cc(Br)cc(C(=O)N(C)CCCN(CC(=O)N[C@@H](C(=O)N[C@@H]2C(=O)N3C2SC(C)(C)C3C(=O)O)c2ccccc2)C(=O)c2cc(Br)cc(OC(=O)OC)c2OC(=O)OC)c1OC(=O)OC. The van der Waals surface area contributed by atoms with Gasteiger partial charge in [0.25, 0.3) is 11.8 Å². The third-order valence-electron chi connectivity index (χ3n) is 10.5. The summed E-state index contributed by atoms with van der Waals surface area (Å²) in [4.78, 5) is 135. The van der Waals surface area contributed by atoms with Crippen molar-refractivity contribution in [3.8, 4) is 23.0 Å². The van der Waals surface area contributed by atoms with E-state index in [2.05, 4.69) is 61.4 Å². The lowest BCUT2D eigenvalue weighted by Crippen LogP contribution is -2.71. The van der Waals surface area contributed by atoms with Gasteiger partial charge in [-0.3, -0.25) is 24.0 Å². The van der Waals surface area contributed by atoms with E-state index in [1.54, 1.807) is 32.0 Å². The number of thioether (sulfide) groups is 1. The van der Waals surface area contributed by atoms with Crippen LogP contribution in [0.5, 0.6) is 23.0 Å². The van der Waals surface area contributed by atoms with Crippen LogP contribution in [-0.4, -0.2) is 157 Å². The zero-order chi connectivity index (χ0) is 52.5. The lowest BCUT2D eigenvalue weighted by atomic mass is 9.95. The number of nitrogens with zero attached hydrogens (tertiary/aromatic N) is 3. The third kappa shape index (κ3) is 13.0. The van der Waals surface area contributed by atoms with E-state index in [-0.39, 0.29) is 39.6 Å². The molecule has 2 unspecified atom stereocenters. The zero-order valence-electron chi connectivity index (χ0n) is 38.6. The van der Waals surface area contributed by atoms with Crippen molar-refractivity contribution in [1.29, 1.82) is 0 Å². The van der Waals surface area contributed by atoms with Crippen molar-refractivity contribution >= 4 is 104 Å². The number of carbonyl (C=O) groups is 10. The monoisotopic (exact) mass is 1140 g/mol. The maximum Gasteiger partial charge on any atom is 0.513 e. The molecule has 3 N–H and O–H groups in total. The molecule has 27 heteroatoms. The van der Waals surface area contributed by atoms with E-state index >= 15 is 0 Å². The highest BCUT2D eigenvalue weighted by Gasteiger charge is 2.64. The highest BCUT2D eigenvalue weighted by molar-refractivity contribution is 9.10. The average molecular weight is 1140 g/mol. The minimum atomic E-state index is -1.48. The van der Waals surface area contributed by atoms with Gasteiger partial charge in [0.1, 0.15) is 23.5 Å². The first-order valence-electron chi connectivity index (χ1n) is 20.7. The lowest BCUT2D eigenvalue weighted by molar-refractivity contribution is -0.161. The van der Waals surface area contributed by atoms with Crippen molar-refractivity contribution in [1.82, 2.24) is 25.3 Å². The summed E-state index contributed by atoms with van der Waals surface area (Å²) >= 11 is 7.67. The largest absolute Gasteiger partial charge is 0.513 e. The molecule has 2 aliphatic rings. The van der Waals surface area contributed by atoms with E-state index in [4.69, 9.17) is 18.9 Å². The van der Waals surface area contributed by atoms with Crippen LogP contribution >= 0.6 is 43.6 Å². The van der Waals surface area contributed by atoms with Crippen LogP contribution in [0.15, 0.2) is 63.5 Å². The number of halogens is 2. The number of fused-ring (bicyclic) bond motifs is 1. The molecule has 380 valence electrons. The molecule has 2 fully saturated rings. The quantitative estimate of drug-likeness (QED) is 0.0702. The molecular formula is C44H45Br2N5O19S. The van der Waals surface area contributed by atoms with Crippen LogP contribution in [0, 0.1) is 0 Å². The van der Waals surface area contributed by atoms with Gasteiger partial charge >= 0.3 is 30.6 Å². The van der Waals surface area contributed by atoms with Gasteiger partial charge in [0.05, 0.1) is 46.1 Å². The van der Waals surface area contributed by atoms with Gasteiger partial charge in [-0.1, -0.05) is 62.2 Å². The molecule has 2 saturated heterocycles. The van der Waals surface area contributed by atoms with Crippen molar-refractivity contribution in [2.45, 2.75) is 48.5 Å². The molecule has 0 bridgehead atoms. The van der Waals surface area contributed by atoms with Crippen LogP contribution in [0.25, 0.3) is 0 Å². The number of rotatable bonds is 17. The van der Waals surface area contributed by atoms with Crippen LogP contribution in [0.1, 0.15) is 52.6 Å². The second-order valence-electron chi connectivity index (χ2n) is 15.6. The van der Waals surface area contributed by atoms with Gasteiger partial charge < -0.3 is 68.3 Å². The van der Waals surface area contributed by atoms with Gasteiger partial charge in [0.2, 0.25) is 17.7 Å². The molecule has 3 aromatic rings. The molecule has 3 aromatic carbocycles. The molecule has 2 aliphatic heterocycles. The van der Waals surface area contributed by atoms with Crippen molar-refractivity contribution in [3.63, 3.8) is 0 Å². The number of β-lactam (4-membered cyclic amide) rings is 1. The Morgan fingerprint density at radius 3 is 1.73 bits per heavy atom. The van der Waals surface area contributed by atoms with Gasteiger partial charge in [-0.05, 0) is 50.1 Å². The Balaban J connectivity index is 1.47. The predicted octanol–water partition coefficient (Wildman–Crippen LogP) is 4.89. The number of ether oxygens (including phenoxy) is 8. The first-order chi connectivity index (χ1) is 33.5. The molecule has 5 rings (SSSR count). The van der Waals surface area contributed by atoms with E-state index < -0.39 is 123 Å². The van der Waals surface area contributed by atoms with Gasteiger partial charge in [-0.2, -0.15) is 0 Å². The van der Waals surface area contributed by atoms with Crippen LogP contribution in [-0.2, 0) is 38.1 Å². The van der Waals surface area contributed by atoms with Crippen LogP contribution < -0.4 is 29.6 Å². The molecule has 0 aliphatic carbocycles. The van der Waals surface area contributed by atoms with E-state index in [0.29, 0.717) is 0 Å². The van der Waals surface area contributed by atoms with Crippen LogP contribution in [0.2, 0.25) is 0 Å². The first-order valence-corrected chi connectivity index (χ1v) is 23.1. The summed E-state index contributed by atoms with van der Waals surface area (Å²) in [5.41, 5.74) is -0.495. The summed E-state index contributed by atoms with van der Waals surface area (Å²) in [6, 6.07) is 8.96. The van der Waals surface area contributed by atoms with Crippen molar-refractivity contribution in [2.24, 2.45) is 0 Å². The van der Waals surface area contributed by atoms with E-state index in [9.17, 15) is 53.1 Å². The topological polar surface area (TPSA) is 299 Å². The number of carboxylic acids is 1. The minimum absolute atomic E-state index is 0.115. The highest BCUT2D eigenvalue weighted by atomic mass is 79.9. The van der Waals surface area contributed by atoms with Crippen LogP contribution in [0.3, 0.4) is 0 Å². The fourth-order valence-electron chi connectivity index (χ4n) is 7.27. The standard InChI is InChI=1S/C44H45Br2N5O19S/c1-44(2)33(39(57)58)51-37(56)30(38(51)71-44)48-34(53)29(21-12-9-8-10-13-21)47-28(52)20-50(36(55)25-17-23(46)19-27(68-41(60)64-5)32(25)70-43(62)66-7)15-11-14-49(3)35(54)24-16-22(45)18-26(67-40(59)63-4)31(24)69-42(61)65-6/h8-10,12-13,16-19,29-30,33,38H,11,14-15,20H2,1-7H3,(H,47,52)(H,48,53)(H,57,58)/t29-,30-,33?,38?/m1/s1. The zero-order valence-corrected chi connectivity index (χ0v) is 42.6. The second-order valence-corrected chi connectivity index (χ2v) is 19.2. The minimum Gasteiger partial charge on any atom is -0.480 e. The number of benzene rings is 3. The lowest BCUT2D eigenvalue weighted by Gasteiger charge is -2.44. The number of hydrogen-bond acceptors (Lipinski definition) is 19. The fraction of sp³-hybridized carbons (Fsp3) is 0.364. The molecule has 24 nitrogen and oxygen atoms in total. The summed E-state index contributed by atoms with van der Waals surface area (Å²) < 4.78 is 38.5. The number of nitrogens with one attached hydrogen (secondary N) is 2. The number of methoxy groups -OCH3 is 4. The molecule has 0 spiro atoms. The Morgan fingerprint density at radius 2 is 1.24 bits per heavy atom. The van der Waals surface area contributed by atoms with Gasteiger partial charge in [0, 0.05) is 33.8 Å². The molecule has 5 amide bonds. The predicted molar refractivity (Wildman–Crippen MR) is 251 cm³/mol. The van der Waals surface area contributed by atoms with Crippen molar-refractivity contribution in [3.05, 3.63) is 80.2 Å². The van der Waals surface area contributed by atoms with E-state index in [1.807, 2.05) is 0 Å². The number of aliphatic carboxylic acids is 1. The van der Waals surface area contributed by atoms with Crippen molar-refractivity contribution < 1.29 is 90.9 Å². The molecule has 2 heterocycles.